The van der Waals surface area contributed by atoms with E-state index < -0.39 is 0 Å². The SMILES string of the molecule is CCC1(C)CN(Cc2c(C)nn(C)c2Cl)C(C)CCN1. The second-order valence-electron chi connectivity index (χ2n) is 6.36. The van der Waals surface area contributed by atoms with E-state index in [9.17, 15) is 0 Å². The van der Waals surface area contributed by atoms with Gasteiger partial charge in [-0.15, -0.1) is 0 Å². The van der Waals surface area contributed by atoms with Crippen molar-refractivity contribution in [1.82, 2.24) is 20.0 Å². The molecule has 1 aliphatic heterocycles. The van der Waals surface area contributed by atoms with Gasteiger partial charge in [-0.05, 0) is 40.2 Å². The lowest BCUT2D eigenvalue weighted by Gasteiger charge is -2.34. The predicted molar refractivity (Wildman–Crippen MR) is 84.1 cm³/mol. The molecule has 0 bridgehead atoms. The Morgan fingerprint density at radius 1 is 1.50 bits per heavy atom. The van der Waals surface area contributed by atoms with E-state index in [0.717, 1.165) is 36.9 Å². The fourth-order valence-corrected chi connectivity index (χ4v) is 3.16. The highest BCUT2D eigenvalue weighted by atomic mass is 35.5. The molecule has 2 unspecified atom stereocenters. The molecule has 1 N–H and O–H groups in total. The Bertz CT molecular complexity index is 471. The molecule has 0 aromatic carbocycles. The Hall–Kier alpha value is -0.580. The van der Waals surface area contributed by atoms with Gasteiger partial charge < -0.3 is 5.32 Å². The highest BCUT2D eigenvalue weighted by Gasteiger charge is 2.31. The van der Waals surface area contributed by atoms with E-state index in [1.807, 2.05) is 14.0 Å². The largest absolute Gasteiger partial charge is 0.310 e. The summed E-state index contributed by atoms with van der Waals surface area (Å²) in [6.45, 7) is 11.9. The summed E-state index contributed by atoms with van der Waals surface area (Å²) in [6.07, 6.45) is 2.31. The van der Waals surface area contributed by atoms with E-state index >= 15 is 0 Å². The standard InChI is InChI=1S/C15H27ClN4/c1-6-15(4)10-20(11(2)7-8-17-15)9-13-12(3)18-19(5)14(13)16/h11,17H,6-10H2,1-5H3. The minimum absolute atomic E-state index is 0.188. The van der Waals surface area contributed by atoms with Crippen molar-refractivity contribution in [1.29, 1.82) is 0 Å². The lowest BCUT2D eigenvalue weighted by Crippen LogP contribution is -2.49. The molecule has 0 amide bonds. The molecule has 2 rings (SSSR count). The van der Waals surface area contributed by atoms with Crippen LogP contribution >= 0.6 is 11.6 Å². The van der Waals surface area contributed by atoms with Gasteiger partial charge in [0, 0.05) is 37.3 Å². The normalized spacial score (nSPS) is 28.6. The average molecular weight is 299 g/mol. The molecule has 0 radical (unpaired) electrons. The number of aromatic nitrogens is 2. The Morgan fingerprint density at radius 2 is 2.20 bits per heavy atom. The zero-order chi connectivity index (χ0) is 14.9. The zero-order valence-corrected chi connectivity index (χ0v) is 14.1. The van der Waals surface area contributed by atoms with Gasteiger partial charge in [0.15, 0.2) is 0 Å². The maximum absolute atomic E-state index is 6.38. The van der Waals surface area contributed by atoms with Crippen LogP contribution < -0.4 is 5.32 Å². The topological polar surface area (TPSA) is 33.1 Å². The molecule has 114 valence electrons. The molecule has 5 heteroatoms. The molecular weight excluding hydrogens is 272 g/mol. The van der Waals surface area contributed by atoms with Gasteiger partial charge in [0.1, 0.15) is 5.15 Å². The summed E-state index contributed by atoms with van der Waals surface area (Å²) >= 11 is 6.38. The van der Waals surface area contributed by atoms with Gasteiger partial charge in [0.25, 0.3) is 0 Å². The summed E-state index contributed by atoms with van der Waals surface area (Å²) in [5, 5.41) is 8.88. The predicted octanol–water partition coefficient (Wildman–Crippen LogP) is 2.73. The van der Waals surface area contributed by atoms with E-state index in [-0.39, 0.29) is 5.54 Å². The lowest BCUT2D eigenvalue weighted by atomic mass is 9.98. The van der Waals surface area contributed by atoms with Gasteiger partial charge >= 0.3 is 0 Å². The van der Waals surface area contributed by atoms with Crippen LogP contribution in [0.4, 0.5) is 0 Å². The molecule has 1 aliphatic rings. The smallest absolute Gasteiger partial charge is 0.131 e. The van der Waals surface area contributed by atoms with Crippen LogP contribution in [0.3, 0.4) is 0 Å². The van der Waals surface area contributed by atoms with Crippen molar-refractivity contribution in [2.45, 2.75) is 58.7 Å². The first-order valence-corrected chi connectivity index (χ1v) is 7.91. The van der Waals surface area contributed by atoms with E-state index in [1.165, 1.54) is 12.0 Å². The zero-order valence-electron chi connectivity index (χ0n) is 13.3. The fourth-order valence-electron chi connectivity index (χ4n) is 2.93. The molecule has 0 saturated carbocycles. The first-order chi connectivity index (χ1) is 9.36. The van der Waals surface area contributed by atoms with Gasteiger partial charge in [-0.3, -0.25) is 9.58 Å². The van der Waals surface area contributed by atoms with Crippen molar-refractivity contribution in [2.75, 3.05) is 13.1 Å². The summed E-state index contributed by atoms with van der Waals surface area (Å²) in [5.74, 6) is 0. The summed E-state index contributed by atoms with van der Waals surface area (Å²) in [5.41, 5.74) is 2.40. The van der Waals surface area contributed by atoms with E-state index in [1.54, 1.807) is 4.68 Å². The molecule has 1 fully saturated rings. The molecular formula is C15H27ClN4. The maximum Gasteiger partial charge on any atom is 0.131 e. The molecule has 0 aliphatic carbocycles. The summed E-state index contributed by atoms with van der Waals surface area (Å²) in [7, 11) is 1.91. The lowest BCUT2D eigenvalue weighted by molar-refractivity contribution is 0.163. The van der Waals surface area contributed by atoms with Crippen LogP contribution in [0.15, 0.2) is 0 Å². The third-order valence-electron chi connectivity index (χ3n) is 4.70. The van der Waals surface area contributed by atoms with Crippen molar-refractivity contribution in [3.05, 3.63) is 16.4 Å². The molecule has 2 heterocycles. The van der Waals surface area contributed by atoms with Gasteiger partial charge in [-0.1, -0.05) is 18.5 Å². The molecule has 2 atom stereocenters. The van der Waals surface area contributed by atoms with Crippen LogP contribution in [0.25, 0.3) is 0 Å². The molecule has 20 heavy (non-hydrogen) atoms. The van der Waals surface area contributed by atoms with E-state index in [0.29, 0.717) is 6.04 Å². The van der Waals surface area contributed by atoms with Gasteiger partial charge in [0.2, 0.25) is 0 Å². The van der Waals surface area contributed by atoms with Crippen molar-refractivity contribution >= 4 is 11.6 Å². The van der Waals surface area contributed by atoms with E-state index in [2.05, 4.69) is 36.1 Å². The highest BCUT2D eigenvalue weighted by molar-refractivity contribution is 6.30. The van der Waals surface area contributed by atoms with Crippen LogP contribution in [0.1, 0.15) is 44.9 Å². The third-order valence-corrected chi connectivity index (χ3v) is 5.17. The number of aryl methyl sites for hydroxylation is 2. The Morgan fingerprint density at radius 3 is 2.75 bits per heavy atom. The minimum atomic E-state index is 0.188. The molecule has 1 aromatic rings. The second kappa shape index (κ2) is 6.04. The third kappa shape index (κ3) is 3.18. The summed E-state index contributed by atoms with van der Waals surface area (Å²) in [4.78, 5) is 2.54. The number of halogens is 1. The van der Waals surface area contributed by atoms with Crippen LogP contribution in [0, 0.1) is 6.92 Å². The first-order valence-electron chi connectivity index (χ1n) is 7.53. The molecule has 0 spiro atoms. The Labute approximate surface area is 127 Å². The number of hydrogen-bond acceptors (Lipinski definition) is 3. The fraction of sp³-hybridized carbons (Fsp3) is 0.800. The van der Waals surface area contributed by atoms with Gasteiger partial charge in [0.05, 0.1) is 5.69 Å². The Kier molecular flexibility index (Phi) is 4.77. The van der Waals surface area contributed by atoms with Crippen molar-refractivity contribution in [3.8, 4) is 0 Å². The first kappa shape index (κ1) is 15.8. The van der Waals surface area contributed by atoms with E-state index in [4.69, 9.17) is 11.6 Å². The quantitative estimate of drug-likeness (QED) is 0.931. The van der Waals surface area contributed by atoms with Crippen LogP contribution in [0.5, 0.6) is 0 Å². The highest BCUT2D eigenvalue weighted by Crippen LogP contribution is 2.25. The number of rotatable bonds is 3. The summed E-state index contributed by atoms with van der Waals surface area (Å²) < 4.78 is 1.77. The van der Waals surface area contributed by atoms with Crippen molar-refractivity contribution in [3.63, 3.8) is 0 Å². The number of nitrogens with one attached hydrogen (secondary N) is 1. The van der Waals surface area contributed by atoms with Crippen molar-refractivity contribution in [2.24, 2.45) is 7.05 Å². The summed E-state index contributed by atoms with van der Waals surface area (Å²) in [6, 6.07) is 0.562. The molecule has 1 saturated heterocycles. The Balaban J connectivity index is 2.21. The maximum atomic E-state index is 6.38. The monoisotopic (exact) mass is 298 g/mol. The van der Waals surface area contributed by atoms with Crippen LogP contribution in [0.2, 0.25) is 5.15 Å². The number of nitrogens with zero attached hydrogens (tertiary/aromatic N) is 3. The van der Waals surface area contributed by atoms with Gasteiger partial charge in [-0.2, -0.15) is 5.10 Å². The number of hydrogen-bond donors (Lipinski definition) is 1. The second-order valence-corrected chi connectivity index (χ2v) is 6.72. The molecule has 4 nitrogen and oxygen atoms in total. The average Bonchev–Trinajstić information content (AvgIpc) is 2.56. The van der Waals surface area contributed by atoms with Gasteiger partial charge in [-0.25, -0.2) is 0 Å². The minimum Gasteiger partial charge on any atom is -0.310 e. The van der Waals surface area contributed by atoms with Crippen molar-refractivity contribution < 1.29 is 0 Å². The van der Waals surface area contributed by atoms with Crippen LogP contribution in [-0.4, -0.2) is 39.4 Å². The van der Waals surface area contributed by atoms with Crippen LogP contribution in [-0.2, 0) is 13.6 Å². The molecule has 1 aromatic heterocycles.